The molecule has 2 aromatic rings. The molecule has 2 aromatic carbocycles. The molecule has 0 radical (unpaired) electrons. The van der Waals surface area contributed by atoms with Crippen LogP contribution in [-0.4, -0.2) is 42.5 Å². The number of aryl methyl sites for hydroxylation is 1. The molecule has 1 N–H and O–H groups in total. The molecular formula is C27H36N2O4. The Hall–Kier alpha value is -3.02. The van der Waals surface area contributed by atoms with E-state index in [0.29, 0.717) is 24.5 Å². The third-order valence-corrected chi connectivity index (χ3v) is 6.36. The number of amides is 2. The van der Waals surface area contributed by atoms with Crippen molar-refractivity contribution in [3.63, 3.8) is 0 Å². The summed E-state index contributed by atoms with van der Waals surface area (Å²) in [4.78, 5) is 28.3. The highest BCUT2D eigenvalue weighted by Gasteiger charge is 2.31. The van der Waals surface area contributed by atoms with Gasteiger partial charge in [-0.2, -0.15) is 0 Å². The van der Waals surface area contributed by atoms with E-state index < -0.39 is 6.04 Å². The summed E-state index contributed by atoms with van der Waals surface area (Å²) in [6.45, 7) is 4.16. The van der Waals surface area contributed by atoms with E-state index >= 15 is 0 Å². The van der Waals surface area contributed by atoms with Crippen LogP contribution in [0.1, 0.15) is 56.6 Å². The zero-order valence-electron chi connectivity index (χ0n) is 20.0. The fourth-order valence-electron chi connectivity index (χ4n) is 4.40. The summed E-state index contributed by atoms with van der Waals surface area (Å²) in [6, 6.07) is 14.8. The average Bonchev–Trinajstić information content (AvgIpc) is 2.84. The van der Waals surface area contributed by atoms with Gasteiger partial charge < -0.3 is 19.7 Å². The van der Waals surface area contributed by atoms with Crippen molar-refractivity contribution < 1.29 is 19.1 Å². The van der Waals surface area contributed by atoms with Crippen molar-refractivity contribution in [2.24, 2.45) is 0 Å². The van der Waals surface area contributed by atoms with Gasteiger partial charge in [0.1, 0.15) is 6.04 Å². The lowest BCUT2D eigenvalue weighted by Crippen LogP contribution is -2.52. The number of nitrogens with one attached hydrogen (secondary N) is 1. The van der Waals surface area contributed by atoms with Gasteiger partial charge in [-0.15, -0.1) is 0 Å². The van der Waals surface area contributed by atoms with Crippen LogP contribution in [0.25, 0.3) is 0 Å². The first-order chi connectivity index (χ1) is 16.0. The van der Waals surface area contributed by atoms with Crippen molar-refractivity contribution in [2.75, 3.05) is 13.7 Å². The highest BCUT2D eigenvalue weighted by molar-refractivity contribution is 5.88. The van der Waals surface area contributed by atoms with Crippen molar-refractivity contribution in [3.05, 3.63) is 59.7 Å². The second-order valence-corrected chi connectivity index (χ2v) is 8.66. The predicted molar refractivity (Wildman–Crippen MR) is 129 cm³/mol. The van der Waals surface area contributed by atoms with Crippen LogP contribution in [-0.2, 0) is 16.1 Å². The van der Waals surface area contributed by atoms with E-state index in [4.69, 9.17) is 9.47 Å². The summed E-state index contributed by atoms with van der Waals surface area (Å²) in [7, 11) is 1.57. The first-order valence-corrected chi connectivity index (χ1v) is 11.9. The Morgan fingerprint density at radius 1 is 1.03 bits per heavy atom. The number of benzene rings is 2. The van der Waals surface area contributed by atoms with Crippen LogP contribution >= 0.6 is 0 Å². The molecule has 1 saturated carbocycles. The van der Waals surface area contributed by atoms with Crippen LogP contribution in [0.2, 0.25) is 0 Å². The standard InChI is InChI=1S/C27H36N2O4/c1-4-23(27(31)28-22-14-6-5-7-15-22)29(18-21-13-9-8-12-20(21)2)26(30)19-33-25-17-11-10-16-24(25)32-3/h8-13,16-17,22-23H,4-7,14-15,18-19H2,1-3H3,(H,28,31)/t23-/m1/s1. The summed E-state index contributed by atoms with van der Waals surface area (Å²) < 4.78 is 11.1. The summed E-state index contributed by atoms with van der Waals surface area (Å²) >= 11 is 0. The normalized spacial score (nSPS) is 14.9. The molecule has 33 heavy (non-hydrogen) atoms. The number of carbonyl (C=O) groups excluding carboxylic acids is 2. The second-order valence-electron chi connectivity index (χ2n) is 8.66. The van der Waals surface area contributed by atoms with Crippen molar-refractivity contribution in [1.29, 1.82) is 0 Å². The molecule has 2 amide bonds. The smallest absolute Gasteiger partial charge is 0.261 e. The van der Waals surface area contributed by atoms with E-state index in [1.807, 2.05) is 50.2 Å². The molecule has 0 saturated heterocycles. The van der Waals surface area contributed by atoms with Gasteiger partial charge in [-0.05, 0) is 49.4 Å². The minimum absolute atomic E-state index is 0.0800. The number of carbonyl (C=O) groups is 2. The lowest BCUT2D eigenvalue weighted by atomic mass is 9.95. The van der Waals surface area contributed by atoms with Crippen molar-refractivity contribution in [1.82, 2.24) is 10.2 Å². The Morgan fingerprint density at radius 3 is 2.36 bits per heavy atom. The molecule has 0 heterocycles. The number of hydrogen-bond acceptors (Lipinski definition) is 4. The zero-order valence-corrected chi connectivity index (χ0v) is 20.0. The van der Waals surface area contributed by atoms with Gasteiger partial charge in [-0.25, -0.2) is 0 Å². The fourth-order valence-corrected chi connectivity index (χ4v) is 4.40. The molecule has 1 aliphatic rings. The summed E-state index contributed by atoms with van der Waals surface area (Å²) in [5.41, 5.74) is 2.11. The number of nitrogens with zero attached hydrogens (tertiary/aromatic N) is 1. The van der Waals surface area contributed by atoms with E-state index in [-0.39, 0.29) is 24.5 Å². The predicted octanol–water partition coefficient (Wildman–Crippen LogP) is 4.64. The van der Waals surface area contributed by atoms with Crippen LogP contribution in [0.5, 0.6) is 11.5 Å². The van der Waals surface area contributed by atoms with Crippen LogP contribution in [0, 0.1) is 6.92 Å². The first-order valence-electron chi connectivity index (χ1n) is 11.9. The SMILES string of the molecule is CC[C@H](C(=O)NC1CCCCC1)N(Cc1ccccc1C)C(=O)COc1ccccc1OC. The molecule has 6 heteroatoms. The van der Waals surface area contributed by atoms with E-state index in [1.54, 1.807) is 24.1 Å². The third-order valence-electron chi connectivity index (χ3n) is 6.36. The van der Waals surface area contributed by atoms with E-state index in [0.717, 1.165) is 36.8 Å². The van der Waals surface area contributed by atoms with Gasteiger partial charge in [-0.3, -0.25) is 9.59 Å². The monoisotopic (exact) mass is 452 g/mol. The van der Waals surface area contributed by atoms with Gasteiger partial charge in [0.2, 0.25) is 5.91 Å². The van der Waals surface area contributed by atoms with Crippen molar-refractivity contribution >= 4 is 11.8 Å². The molecular weight excluding hydrogens is 416 g/mol. The Labute approximate surface area is 197 Å². The average molecular weight is 453 g/mol. The van der Waals surface area contributed by atoms with E-state index in [1.165, 1.54) is 6.42 Å². The van der Waals surface area contributed by atoms with Gasteiger partial charge in [0, 0.05) is 12.6 Å². The molecule has 0 bridgehead atoms. The van der Waals surface area contributed by atoms with Gasteiger partial charge in [0.25, 0.3) is 5.91 Å². The first kappa shape index (κ1) is 24.6. The quantitative estimate of drug-likeness (QED) is 0.570. The Bertz CT molecular complexity index is 924. The molecule has 1 fully saturated rings. The van der Waals surface area contributed by atoms with Crippen LogP contribution in [0.3, 0.4) is 0 Å². The van der Waals surface area contributed by atoms with Crippen molar-refractivity contribution in [3.8, 4) is 11.5 Å². The molecule has 178 valence electrons. The van der Waals surface area contributed by atoms with Gasteiger partial charge in [0.15, 0.2) is 18.1 Å². The maximum Gasteiger partial charge on any atom is 0.261 e. The highest BCUT2D eigenvalue weighted by Crippen LogP contribution is 2.26. The molecule has 3 rings (SSSR count). The third kappa shape index (κ3) is 6.73. The Kier molecular flexibility index (Phi) is 9.16. The maximum atomic E-state index is 13.4. The number of rotatable bonds is 10. The summed E-state index contributed by atoms with van der Waals surface area (Å²) in [6.07, 6.45) is 6.04. The second kappa shape index (κ2) is 12.3. The molecule has 0 aromatic heterocycles. The molecule has 1 aliphatic carbocycles. The zero-order chi connectivity index (χ0) is 23.6. The van der Waals surface area contributed by atoms with Crippen LogP contribution in [0.15, 0.2) is 48.5 Å². The lowest BCUT2D eigenvalue weighted by molar-refractivity contribution is -0.143. The minimum atomic E-state index is -0.555. The highest BCUT2D eigenvalue weighted by atomic mass is 16.5. The lowest BCUT2D eigenvalue weighted by Gasteiger charge is -2.33. The van der Waals surface area contributed by atoms with Crippen LogP contribution in [0.4, 0.5) is 0 Å². The van der Waals surface area contributed by atoms with E-state index in [9.17, 15) is 9.59 Å². The number of hydrogen-bond donors (Lipinski definition) is 1. The molecule has 0 aliphatic heterocycles. The fraction of sp³-hybridized carbons (Fsp3) is 0.481. The molecule has 1 atom stereocenters. The minimum Gasteiger partial charge on any atom is -0.493 e. The Balaban J connectivity index is 1.78. The Morgan fingerprint density at radius 2 is 1.70 bits per heavy atom. The van der Waals surface area contributed by atoms with Gasteiger partial charge >= 0.3 is 0 Å². The molecule has 0 unspecified atom stereocenters. The number of para-hydroxylation sites is 2. The van der Waals surface area contributed by atoms with Gasteiger partial charge in [0.05, 0.1) is 7.11 Å². The van der Waals surface area contributed by atoms with Crippen molar-refractivity contribution in [2.45, 2.75) is 71.0 Å². The van der Waals surface area contributed by atoms with E-state index in [2.05, 4.69) is 5.32 Å². The molecule has 6 nitrogen and oxygen atoms in total. The summed E-state index contributed by atoms with van der Waals surface area (Å²) in [5.74, 6) is 0.764. The molecule has 0 spiro atoms. The maximum absolute atomic E-state index is 13.4. The largest absolute Gasteiger partial charge is 0.493 e. The summed E-state index contributed by atoms with van der Waals surface area (Å²) in [5, 5.41) is 3.20. The number of ether oxygens (including phenoxy) is 2. The van der Waals surface area contributed by atoms with Gasteiger partial charge in [-0.1, -0.05) is 62.6 Å². The van der Waals surface area contributed by atoms with Crippen LogP contribution < -0.4 is 14.8 Å². The number of methoxy groups -OCH3 is 1. The topological polar surface area (TPSA) is 67.9 Å².